The first-order valence-corrected chi connectivity index (χ1v) is 10.5. The Hall–Kier alpha value is -2.04. The molecule has 0 atom stereocenters. The zero-order valence-electron chi connectivity index (χ0n) is 17.3. The van der Waals surface area contributed by atoms with E-state index in [1.165, 1.54) is 0 Å². The summed E-state index contributed by atoms with van der Waals surface area (Å²) in [5, 5.41) is 21.9. The average Bonchev–Trinajstić information content (AvgIpc) is 2.75. The fourth-order valence-electron chi connectivity index (χ4n) is 3.28. The molecular weight excluding hydrogens is 405 g/mol. The van der Waals surface area contributed by atoms with Gasteiger partial charge in [-0.05, 0) is 43.2 Å². The topological polar surface area (TPSA) is 80.1 Å². The number of fused-ring (bicyclic) bond motifs is 1. The first-order valence-electron chi connectivity index (χ1n) is 9.54. The van der Waals surface area contributed by atoms with Crippen molar-refractivity contribution in [3.63, 3.8) is 0 Å². The van der Waals surface area contributed by atoms with E-state index in [1.807, 2.05) is 55.7 Å². The molecule has 0 aliphatic heterocycles. The summed E-state index contributed by atoms with van der Waals surface area (Å²) in [4.78, 5) is 18.0. The third-order valence-electron chi connectivity index (χ3n) is 4.79. The van der Waals surface area contributed by atoms with Gasteiger partial charge in [-0.1, -0.05) is 30.7 Å². The van der Waals surface area contributed by atoms with Gasteiger partial charge < -0.3 is 14.8 Å². The van der Waals surface area contributed by atoms with Crippen molar-refractivity contribution in [1.82, 2.24) is 4.98 Å². The summed E-state index contributed by atoms with van der Waals surface area (Å²) in [6.45, 7) is 0. The second kappa shape index (κ2) is 12.0. The second-order valence-corrected chi connectivity index (χ2v) is 7.86. The maximum atomic E-state index is 10.5. The Kier molecular flexibility index (Phi) is 9.67. The molecule has 30 heavy (non-hydrogen) atoms. The molecule has 0 saturated heterocycles. The zero-order valence-corrected chi connectivity index (χ0v) is 20.1. The van der Waals surface area contributed by atoms with Crippen molar-refractivity contribution in [3.8, 4) is 6.07 Å². The van der Waals surface area contributed by atoms with Crippen molar-refractivity contribution in [2.24, 2.45) is 0 Å². The molecule has 1 aromatic heterocycles. The summed E-state index contributed by atoms with van der Waals surface area (Å²) in [5.41, 5.74) is 2.68. The molecule has 1 heterocycles. The van der Waals surface area contributed by atoms with Gasteiger partial charge in [-0.15, -0.1) is 11.8 Å². The number of carboxylic acids is 1. The standard InChI is InChI=1S/C23H23N3O2S.Na/c1-26(20-11-10-17(15-24)18-7-4-5-8-19(18)20)21-16-25-13-12-22(21)29-14-6-2-3-9-23(27)28;/h4-5,7-8,10-13,16H,2-3,6,9,14H2,1H3,(H,27,28);/q;+1/p-1. The van der Waals surface area contributed by atoms with E-state index in [-0.39, 0.29) is 36.0 Å². The molecule has 7 heteroatoms. The molecule has 148 valence electrons. The van der Waals surface area contributed by atoms with E-state index in [0.717, 1.165) is 45.6 Å². The van der Waals surface area contributed by atoms with Gasteiger partial charge in [0.2, 0.25) is 0 Å². The minimum absolute atomic E-state index is 0. The van der Waals surface area contributed by atoms with E-state index in [4.69, 9.17) is 0 Å². The van der Waals surface area contributed by atoms with Crippen molar-refractivity contribution < 1.29 is 39.5 Å². The molecule has 0 radical (unpaired) electrons. The molecule has 5 nitrogen and oxygen atoms in total. The molecule has 0 amide bonds. The Balaban J connectivity index is 0.00000320. The van der Waals surface area contributed by atoms with E-state index < -0.39 is 5.97 Å². The number of hydrogen-bond donors (Lipinski definition) is 0. The minimum atomic E-state index is -0.981. The fraction of sp³-hybridized carbons (Fsp3) is 0.261. The quantitative estimate of drug-likeness (QED) is 0.291. The number of aromatic nitrogens is 1. The maximum Gasteiger partial charge on any atom is 1.00 e. The van der Waals surface area contributed by atoms with Gasteiger partial charge in [-0.3, -0.25) is 4.98 Å². The number of nitrogens with zero attached hydrogens (tertiary/aromatic N) is 3. The monoisotopic (exact) mass is 427 g/mol. The average molecular weight is 428 g/mol. The van der Waals surface area contributed by atoms with Gasteiger partial charge in [-0.25, -0.2) is 0 Å². The third-order valence-corrected chi connectivity index (χ3v) is 5.94. The van der Waals surface area contributed by atoms with Crippen LogP contribution >= 0.6 is 11.8 Å². The number of hydrogen-bond acceptors (Lipinski definition) is 6. The summed E-state index contributed by atoms with van der Waals surface area (Å²) in [5.74, 6) is -0.0724. The van der Waals surface area contributed by atoms with E-state index in [2.05, 4.69) is 16.0 Å². The number of carbonyl (C=O) groups is 1. The zero-order chi connectivity index (χ0) is 20.6. The van der Waals surface area contributed by atoms with E-state index in [1.54, 1.807) is 18.0 Å². The van der Waals surface area contributed by atoms with Gasteiger partial charge in [0.25, 0.3) is 0 Å². The number of rotatable bonds is 9. The summed E-state index contributed by atoms with van der Waals surface area (Å²) in [7, 11) is 2.01. The van der Waals surface area contributed by atoms with Crippen molar-refractivity contribution in [1.29, 1.82) is 5.26 Å². The molecule has 0 saturated carbocycles. The normalized spacial score (nSPS) is 10.3. The fourth-order valence-corrected chi connectivity index (χ4v) is 4.34. The second-order valence-electron chi connectivity index (χ2n) is 6.72. The molecule has 0 N–H and O–H groups in total. The first kappa shape index (κ1) is 24.2. The molecule has 3 aromatic rings. The molecule has 0 aliphatic carbocycles. The van der Waals surface area contributed by atoms with Crippen LogP contribution in [0.15, 0.2) is 59.8 Å². The molecule has 0 spiro atoms. The third kappa shape index (κ3) is 5.99. The summed E-state index contributed by atoms with van der Waals surface area (Å²) in [6.07, 6.45) is 6.24. The predicted molar refractivity (Wildman–Crippen MR) is 115 cm³/mol. The first-order chi connectivity index (χ1) is 14.1. The van der Waals surface area contributed by atoms with Crippen LogP contribution in [0.2, 0.25) is 0 Å². The Morgan fingerprint density at radius 3 is 2.60 bits per heavy atom. The number of aliphatic carboxylic acids is 1. The number of anilines is 2. The Labute approximate surface area is 203 Å². The molecule has 3 rings (SSSR count). The van der Waals surface area contributed by atoms with Crippen molar-refractivity contribution >= 4 is 39.9 Å². The van der Waals surface area contributed by atoms with Crippen LogP contribution in [0.25, 0.3) is 10.8 Å². The van der Waals surface area contributed by atoms with Crippen molar-refractivity contribution in [2.45, 2.75) is 30.6 Å². The predicted octanol–water partition coefficient (Wildman–Crippen LogP) is 1.28. The van der Waals surface area contributed by atoms with Crippen LogP contribution in [-0.2, 0) is 4.79 Å². The van der Waals surface area contributed by atoms with Crippen LogP contribution in [0.3, 0.4) is 0 Å². The van der Waals surface area contributed by atoms with Crippen molar-refractivity contribution in [3.05, 3.63) is 60.4 Å². The molecular formula is C23H22N3NaO2S. The molecule has 0 aliphatic rings. The van der Waals surface area contributed by atoms with Gasteiger partial charge in [0.05, 0.1) is 23.5 Å². The number of thioether (sulfide) groups is 1. The molecule has 2 aromatic carbocycles. The van der Waals surface area contributed by atoms with Gasteiger partial charge in [-0.2, -0.15) is 5.26 Å². The van der Waals surface area contributed by atoms with E-state index >= 15 is 0 Å². The minimum Gasteiger partial charge on any atom is -0.550 e. The molecule has 0 unspecified atom stereocenters. The van der Waals surface area contributed by atoms with E-state index in [0.29, 0.717) is 12.0 Å². The number of benzene rings is 2. The summed E-state index contributed by atoms with van der Waals surface area (Å²) in [6, 6.07) is 16.0. The van der Waals surface area contributed by atoms with Gasteiger partial charge in [0.1, 0.15) is 0 Å². The van der Waals surface area contributed by atoms with E-state index in [9.17, 15) is 15.2 Å². The molecule has 0 bridgehead atoms. The SMILES string of the molecule is CN(c1cnccc1SCCCCCC(=O)[O-])c1ccc(C#N)c2ccccc12.[Na+]. The number of nitriles is 1. The Bertz CT molecular complexity index is 1050. The number of carbonyl (C=O) groups excluding carboxylic acids is 1. The Morgan fingerprint density at radius 1 is 1.10 bits per heavy atom. The Morgan fingerprint density at radius 2 is 1.87 bits per heavy atom. The largest absolute Gasteiger partial charge is 1.00 e. The maximum absolute atomic E-state index is 10.5. The van der Waals surface area contributed by atoms with Gasteiger partial charge in [0, 0.05) is 40.6 Å². The summed E-state index contributed by atoms with van der Waals surface area (Å²) >= 11 is 1.74. The van der Waals surface area contributed by atoms with Crippen LogP contribution in [0.5, 0.6) is 0 Å². The van der Waals surface area contributed by atoms with Crippen molar-refractivity contribution in [2.75, 3.05) is 17.7 Å². The van der Waals surface area contributed by atoms with Gasteiger partial charge in [0.15, 0.2) is 0 Å². The smallest absolute Gasteiger partial charge is 0.550 e. The summed E-state index contributed by atoms with van der Waals surface area (Å²) < 4.78 is 0. The van der Waals surface area contributed by atoms with Crippen LogP contribution in [0.1, 0.15) is 31.2 Å². The van der Waals surface area contributed by atoms with Crippen LogP contribution < -0.4 is 39.6 Å². The number of unbranched alkanes of at least 4 members (excludes halogenated alkanes) is 2. The molecule has 0 fully saturated rings. The number of carboxylic acid groups (broad SMARTS) is 1. The van der Waals surface area contributed by atoms with Crippen LogP contribution in [0, 0.1) is 11.3 Å². The van der Waals surface area contributed by atoms with Gasteiger partial charge >= 0.3 is 29.6 Å². The van der Waals surface area contributed by atoms with Crippen LogP contribution in [0.4, 0.5) is 11.4 Å². The van der Waals surface area contributed by atoms with Crippen LogP contribution in [-0.4, -0.2) is 23.8 Å². The number of pyridine rings is 1.